The summed E-state index contributed by atoms with van der Waals surface area (Å²) in [5.41, 5.74) is 6.85. The van der Waals surface area contributed by atoms with Crippen molar-refractivity contribution in [3.8, 4) is 0 Å². The van der Waals surface area contributed by atoms with E-state index in [0.29, 0.717) is 18.4 Å². The largest absolute Gasteiger partial charge is 0.370 e. The summed E-state index contributed by atoms with van der Waals surface area (Å²) in [6.45, 7) is 7.88. The molecule has 104 valence electrons. The molecule has 1 aromatic rings. The molecule has 0 fully saturated rings. The SMILES string of the molecule is CCCCNC(N)=NCC(C)c1nc(C)cs1.I. The van der Waals surface area contributed by atoms with E-state index in [1.807, 2.05) is 6.92 Å². The van der Waals surface area contributed by atoms with Crippen molar-refractivity contribution >= 4 is 41.3 Å². The van der Waals surface area contributed by atoms with Gasteiger partial charge in [0.15, 0.2) is 5.96 Å². The molecule has 0 bridgehead atoms. The Bertz CT molecular complexity index is 365. The predicted octanol–water partition coefficient (Wildman–Crippen LogP) is 2.88. The first kappa shape index (κ1) is 17.6. The number of hydrogen-bond acceptors (Lipinski definition) is 3. The predicted molar refractivity (Wildman–Crippen MR) is 90.1 cm³/mol. The van der Waals surface area contributed by atoms with Gasteiger partial charge in [0.2, 0.25) is 0 Å². The molecule has 1 atom stereocenters. The number of aromatic nitrogens is 1. The number of aryl methyl sites for hydroxylation is 1. The minimum Gasteiger partial charge on any atom is -0.370 e. The average molecular weight is 382 g/mol. The van der Waals surface area contributed by atoms with Crippen molar-refractivity contribution in [2.75, 3.05) is 13.1 Å². The van der Waals surface area contributed by atoms with E-state index in [4.69, 9.17) is 5.73 Å². The zero-order chi connectivity index (χ0) is 12.7. The van der Waals surface area contributed by atoms with Crippen LogP contribution in [0, 0.1) is 6.92 Å². The summed E-state index contributed by atoms with van der Waals surface area (Å²) in [7, 11) is 0. The first-order valence-electron chi connectivity index (χ1n) is 6.09. The van der Waals surface area contributed by atoms with Gasteiger partial charge in [-0.15, -0.1) is 35.3 Å². The van der Waals surface area contributed by atoms with E-state index in [9.17, 15) is 0 Å². The second-order valence-electron chi connectivity index (χ2n) is 4.23. The molecule has 4 nitrogen and oxygen atoms in total. The molecule has 0 aliphatic carbocycles. The summed E-state index contributed by atoms with van der Waals surface area (Å²) in [5.74, 6) is 0.874. The summed E-state index contributed by atoms with van der Waals surface area (Å²) < 4.78 is 0. The van der Waals surface area contributed by atoms with E-state index in [1.54, 1.807) is 11.3 Å². The van der Waals surface area contributed by atoms with Crippen LogP contribution in [0.25, 0.3) is 0 Å². The van der Waals surface area contributed by atoms with E-state index in [-0.39, 0.29) is 24.0 Å². The van der Waals surface area contributed by atoms with Crippen LogP contribution < -0.4 is 11.1 Å². The van der Waals surface area contributed by atoms with Gasteiger partial charge in [-0.25, -0.2) is 4.98 Å². The van der Waals surface area contributed by atoms with Crippen molar-refractivity contribution in [3.05, 3.63) is 16.1 Å². The minimum atomic E-state index is 0. The highest BCUT2D eigenvalue weighted by atomic mass is 127. The third kappa shape index (κ3) is 6.53. The fourth-order valence-electron chi connectivity index (χ4n) is 1.36. The van der Waals surface area contributed by atoms with Crippen LogP contribution in [0.5, 0.6) is 0 Å². The second-order valence-corrected chi connectivity index (χ2v) is 5.12. The number of nitrogens with two attached hydrogens (primary N) is 1. The molecule has 0 saturated heterocycles. The van der Waals surface area contributed by atoms with Gasteiger partial charge in [0.25, 0.3) is 0 Å². The fourth-order valence-corrected chi connectivity index (χ4v) is 2.21. The van der Waals surface area contributed by atoms with Crippen molar-refractivity contribution in [1.82, 2.24) is 10.3 Å². The highest BCUT2D eigenvalue weighted by Gasteiger charge is 2.08. The summed E-state index contributed by atoms with van der Waals surface area (Å²) >= 11 is 1.69. The standard InChI is InChI=1S/C12H22N4S.HI/c1-4-5-6-14-12(13)15-7-9(2)11-16-10(3)8-17-11;/h8-9H,4-7H2,1-3H3,(H3,13,14,15);1H. The van der Waals surface area contributed by atoms with Crippen molar-refractivity contribution < 1.29 is 0 Å². The molecule has 0 radical (unpaired) electrons. The highest BCUT2D eigenvalue weighted by Crippen LogP contribution is 2.19. The summed E-state index contributed by atoms with van der Waals surface area (Å²) in [5, 5.41) is 6.31. The average Bonchev–Trinajstić information content (AvgIpc) is 2.73. The van der Waals surface area contributed by atoms with Gasteiger partial charge in [-0.05, 0) is 13.3 Å². The maximum Gasteiger partial charge on any atom is 0.188 e. The lowest BCUT2D eigenvalue weighted by atomic mass is 10.2. The molecule has 3 N–H and O–H groups in total. The highest BCUT2D eigenvalue weighted by molar-refractivity contribution is 14.0. The van der Waals surface area contributed by atoms with Crippen LogP contribution >= 0.6 is 35.3 Å². The van der Waals surface area contributed by atoms with Crippen LogP contribution in [0.4, 0.5) is 0 Å². The molecule has 1 aromatic heterocycles. The van der Waals surface area contributed by atoms with Crippen molar-refractivity contribution in [1.29, 1.82) is 0 Å². The van der Waals surface area contributed by atoms with Gasteiger partial charge < -0.3 is 11.1 Å². The number of thiazole rings is 1. The third-order valence-corrected chi connectivity index (χ3v) is 3.62. The molecule has 0 spiro atoms. The first-order chi connectivity index (χ1) is 8.13. The Kier molecular flexibility index (Phi) is 9.35. The number of nitrogens with one attached hydrogen (secondary N) is 1. The summed E-state index contributed by atoms with van der Waals surface area (Å²) in [6, 6.07) is 0. The molecule has 18 heavy (non-hydrogen) atoms. The van der Waals surface area contributed by atoms with E-state index in [1.165, 1.54) is 0 Å². The molecule has 0 saturated carbocycles. The van der Waals surface area contributed by atoms with Crippen LogP contribution in [-0.4, -0.2) is 24.0 Å². The van der Waals surface area contributed by atoms with E-state index in [0.717, 1.165) is 30.1 Å². The number of aliphatic imine (C=N–C) groups is 1. The number of hydrogen-bond donors (Lipinski definition) is 2. The van der Waals surface area contributed by atoms with Crippen molar-refractivity contribution in [2.45, 2.75) is 39.5 Å². The Morgan fingerprint density at radius 3 is 2.89 bits per heavy atom. The topological polar surface area (TPSA) is 63.3 Å². The van der Waals surface area contributed by atoms with E-state index in [2.05, 4.69) is 34.5 Å². The first-order valence-corrected chi connectivity index (χ1v) is 6.97. The van der Waals surface area contributed by atoms with E-state index >= 15 is 0 Å². The molecule has 0 aliphatic heterocycles. The quantitative estimate of drug-likeness (QED) is 0.344. The maximum absolute atomic E-state index is 5.77. The summed E-state index contributed by atoms with van der Waals surface area (Å²) in [4.78, 5) is 8.78. The third-order valence-electron chi connectivity index (χ3n) is 2.43. The minimum absolute atomic E-state index is 0. The molecule has 1 unspecified atom stereocenters. The zero-order valence-electron chi connectivity index (χ0n) is 11.3. The maximum atomic E-state index is 5.77. The Labute approximate surface area is 131 Å². The normalized spacial score (nSPS) is 12.9. The van der Waals surface area contributed by atoms with Crippen LogP contribution in [0.3, 0.4) is 0 Å². The van der Waals surface area contributed by atoms with Gasteiger partial charge in [0, 0.05) is 23.5 Å². The molecule has 0 amide bonds. The van der Waals surface area contributed by atoms with Crippen LogP contribution in [0.15, 0.2) is 10.4 Å². The Morgan fingerprint density at radius 2 is 2.33 bits per heavy atom. The van der Waals surface area contributed by atoms with Gasteiger partial charge in [-0.1, -0.05) is 20.3 Å². The van der Waals surface area contributed by atoms with Crippen LogP contribution in [-0.2, 0) is 0 Å². The monoisotopic (exact) mass is 382 g/mol. The van der Waals surface area contributed by atoms with Crippen LogP contribution in [0.2, 0.25) is 0 Å². The Hall–Kier alpha value is -0.370. The number of guanidine groups is 1. The number of rotatable bonds is 6. The number of unbranched alkanes of at least 4 members (excludes halogenated alkanes) is 1. The van der Waals surface area contributed by atoms with Gasteiger partial charge >= 0.3 is 0 Å². The van der Waals surface area contributed by atoms with Crippen LogP contribution in [0.1, 0.15) is 43.3 Å². The Balaban J connectivity index is 0.00000289. The lowest BCUT2D eigenvalue weighted by Crippen LogP contribution is -2.32. The smallest absolute Gasteiger partial charge is 0.188 e. The molecule has 1 heterocycles. The lowest BCUT2D eigenvalue weighted by Gasteiger charge is -2.07. The molecule has 0 aromatic carbocycles. The Morgan fingerprint density at radius 1 is 1.61 bits per heavy atom. The second kappa shape index (κ2) is 9.55. The lowest BCUT2D eigenvalue weighted by molar-refractivity contribution is 0.731. The van der Waals surface area contributed by atoms with Gasteiger partial charge in [0.05, 0.1) is 11.6 Å². The van der Waals surface area contributed by atoms with Gasteiger partial charge in [0.1, 0.15) is 0 Å². The molecule has 0 aliphatic rings. The van der Waals surface area contributed by atoms with Crippen molar-refractivity contribution in [3.63, 3.8) is 0 Å². The molecular formula is C12H23IN4S. The zero-order valence-corrected chi connectivity index (χ0v) is 14.4. The number of halogens is 1. The molecular weight excluding hydrogens is 359 g/mol. The van der Waals surface area contributed by atoms with E-state index < -0.39 is 0 Å². The molecule has 1 rings (SSSR count). The fraction of sp³-hybridized carbons (Fsp3) is 0.667. The summed E-state index contributed by atoms with van der Waals surface area (Å²) in [6.07, 6.45) is 2.28. The van der Waals surface area contributed by atoms with Gasteiger partial charge in [-0.2, -0.15) is 0 Å². The van der Waals surface area contributed by atoms with Crippen molar-refractivity contribution in [2.24, 2.45) is 10.7 Å². The number of nitrogens with zero attached hydrogens (tertiary/aromatic N) is 2. The molecule has 6 heteroatoms. The van der Waals surface area contributed by atoms with Gasteiger partial charge in [-0.3, -0.25) is 4.99 Å².